The van der Waals surface area contributed by atoms with Crippen molar-refractivity contribution in [2.24, 2.45) is 5.41 Å². The molecule has 1 N–H and O–H groups in total. The molecule has 2 heterocycles. The van der Waals surface area contributed by atoms with Gasteiger partial charge in [0.25, 0.3) is 5.56 Å². The Morgan fingerprint density at radius 3 is 2.86 bits per heavy atom. The molecule has 0 saturated carbocycles. The molecule has 1 aliphatic rings. The third-order valence-corrected chi connectivity index (χ3v) is 5.91. The predicted molar refractivity (Wildman–Crippen MR) is 108 cm³/mol. The highest BCUT2D eigenvalue weighted by atomic mass is 32.1. The van der Waals surface area contributed by atoms with Crippen LogP contribution in [0.1, 0.15) is 41.2 Å². The highest BCUT2D eigenvalue weighted by Crippen LogP contribution is 2.38. The fourth-order valence-corrected chi connectivity index (χ4v) is 4.47. The summed E-state index contributed by atoms with van der Waals surface area (Å²) in [5, 5.41) is 3.58. The molecular weight excluding hydrogens is 376 g/mol. The second-order valence-corrected chi connectivity index (χ2v) is 8.93. The van der Waals surface area contributed by atoms with Crippen LogP contribution in [0.5, 0.6) is 0 Å². The van der Waals surface area contributed by atoms with E-state index < -0.39 is 0 Å². The summed E-state index contributed by atoms with van der Waals surface area (Å²) in [7, 11) is 0. The molecule has 0 spiro atoms. The lowest BCUT2D eigenvalue weighted by atomic mass is 9.78. The minimum atomic E-state index is -0.381. The molecule has 28 heavy (non-hydrogen) atoms. The van der Waals surface area contributed by atoms with Crippen LogP contribution in [-0.4, -0.2) is 26.2 Å². The Morgan fingerprint density at radius 2 is 2.07 bits per heavy atom. The van der Waals surface area contributed by atoms with Gasteiger partial charge in [-0.05, 0) is 30.4 Å². The number of Topliss-reactive ketones (excluding diaryl/α,β-unsaturated/α-hetero) is 1. The number of anilines is 1. The number of benzene rings is 1. The van der Waals surface area contributed by atoms with E-state index in [1.807, 2.05) is 26.8 Å². The standard InChI is InChI=1S/C20H20N4O3S/c1-11-5-4-6-12-16(11)21-10-24(18(12)27)9-15(26)23-19-22-13-7-20(2,3)8-14(25)17(13)28-19/h4-6,10H,7-9H2,1-3H3,(H,22,23,26). The normalized spacial score (nSPS) is 15.5. The summed E-state index contributed by atoms with van der Waals surface area (Å²) in [6.45, 7) is 5.79. The Hall–Kier alpha value is -2.87. The smallest absolute Gasteiger partial charge is 0.261 e. The number of aryl methyl sites for hydroxylation is 1. The topological polar surface area (TPSA) is 94.0 Å². The molecule has 4 rings (SSSR count). The van der Waals surface area contributed by atoms with Crippen LogP contribution in [0.2, 0.25) is 0 Å². The number of para-hydroxylation sites is 1. The van der Waals surface area contributed by atoms with Gasteiger partial charge in [0.1, 0.15) is 6.54 Å². The molecule has 0 unspecified atom stereocenters. The van der Waals surface area contributed by atoms with Crippen LogP contribution >= 0.6 is 11.3 Å². The zero-order chi connectivity index (χ0) is 20.1. The maximum Gasteiger partial charge on any atom is 0.261 e. The maximum absolute atomic E-state index is 12.6. The number of aromatic nitrogens is 3. The second-order valence-electron chi connectivity index (χ2n) is 7.93. The summed E-state index contributed by atoms with van der Waals surface area (Å²) in [6.07, 6.45) is 2.57. The number of carbonyl (C=O) groups is 2. The average molecular weight is 396 g/mol. The monoisotopic (exact) mass is 396 g/mol. The molecule has 1 amide bonds. The molecular formula is C20H20N4O3S. The number of hydrogen-bond acceptors (Lipinski definition) is 6. The third kappa shape index (κ3) is 3.35. The van der Waals surface area contributed by atoms with Gasteiger partial charge in [-0.25, -0.2) is 9.97 Å². The van der Waals surface area contributed by atoms with E-state index >= 15 is 0 Å². The molecule has 0 saturated heterocycles. The molecule has 1 aliphatic carbocycles. The number of rotatable bonds is 3. The Morgan fingerprint density at radius 1 is 1.29 bits per heavy atom. The van der Waals surface area contributed by atoms with Gasteiger partial charge in [-0.1, -0.05) is 37.3 Å². The van der Waals surface area contributed by atoms with Gasteiger partial charge in [0.05, 0.1) is 27.8 Å². The van der Waals surface area contributed by atoms with Gasteiger partial charge in [0.2, 0.25) is 5.91 Å². The largest absolute Gasteiger partial charge is 0.300 e. The first-order valence-corrected chi connectivity index (χ1v) is 9.83. The van der Waals surface area contributed by atoms with Crippen molar-refractivity contribution in [1.29, 1.82) is 0 Å². The van der Waals surface area contributed by atoms with Crippen molar-refractivity contribution >= 4 is 39.1 Å². The quantitative estimate of drug-likeness (QED) is 0.735. The van der Waals surface area contributed by atoms with Crippen molar-refractivity contribution in [2.75, 3.05) is 5.32 Å². The molecule has 0 aliphatic heterocycles. The molecule has 0 fully saturated rings. The van der Waals surface area contributed by atoms with Crippen LogP contribution < -0.4 is 10.9 Å². The highest BCUT2D eigenvalue weighted by molar-refractivity contribution is 7.17. The molecule has 0 radical (unpaired) electrons. The van der Waals surface area contributed by atoms with Crippen molar-refractivity contribution < 1.29 is 9.59 Å². The SMILES string of the molecule is Cc1cccc2c(=O)n(CC(=O)Nc3nc4c(s3)C(=O)CC(C)(C)C4)cnc12. The highest BCUT2D eigenvalue weighted by Gasteiger charge is 2.34. The summed E-state index contributed by atoms with van der Waals surface area (Å²) >= 11 is 1.20. The number of thiazole rings is 1. The first kappa shape index (κ1) is 18.5. The zero-order valence-electron chi connectivity index (χ0n) is 15.9. The third-order valence-electron chi connectivity index (χ3n) is 4.85. The van der Waals surface area contributed by atoms with Gasteiger partial charge < -0.3 is 5.32 Å². The molecule has 7 nitrogen and oxygen atoms in total. The number of nitrogens with zero attached hydrogens (tertiary/aromatic N) is 3. The fourth-order valence-electron chi connectivity index (χ4n) is 3.54. The van der Waals surface area contributed by atoms with E-state index in [-0.39, 0.29) is 29.2 Å². The Kier molecular flexibility index (Phi) is 4.38. The minimum Gasteiger partial charge on any atom is -0.300 e. The van der Waals surface area contributed by atoms with Crippen LogP contribution in [0.15, 0.2) is 29.3 Å². The van der Waals surface area contributed by atoms with Gasteiger partial charge in [0.15, 0.2) is 10.9 Å². The van der Waals surface area contributed by atoms with E-state index in [9.17, 15) is 14.4 Å². The predicted octanol–water partition coefficient (Wildman–Crippen LogP) is 2.96. The van der Waals surface area contributed by atoms with Crippen LogP contribution in [0.4, 0.5) is 5.13 Å². The second kappa shape index (κ2) is 6.63. The van der Waals surface area contributed by atoms with Gasteiger partial charge in [-0.2, -0.15) is 0 Å². The summed E-state index contributed by atoms with van der Waals surface area (Å²) in [5.41, 5.74) is 1.90. The van der Waals surface area contributed by atoms with Crippen molar-refractivity contribution in [3.05, 3.63) is 51.0 Å². The zero-order valence-corrected chi connectivity index (χ0v) is 16.7. The summed E-state index contributed by atoms with van der Waals surface area (Å²) < 4.78 is 1.28. The van der Waals surface area contributed by atoms with E-state index in [1.165, 1.54) is 22.2 Å². The lowest BCUT2D eigenvalue weighted by Crippen LogP contribution is -2.28. The molecule has 0 atom stereocenters. The van der Waals surface area contributed by atoms with Crippen LogP contribution in [0, 0.1) is 12.3 Å². The lowest BCUT2D eigenvalue weighted by molar-refractivity contribution is -0.116. The van der Waals surface area contributed by atoms with Gasteiger partial charge in [0, 0.05) is 6.42 Å². The molecule has 1 aromatic carbocycles. The number of ketones is 1. The first-order chi connectivity index (χ1) is 13.2. The van der Waals surface area contributed by atoms with Crippen molar-refractivity contribution in [1.82, 2.24) is 14.5 Å². The average Bonchev–Trinajstić information content (AvgIpc) is 2.99. The Bertz CT molecular complexity index is 1180. The van der Waals surface area contributed by atoms with Gasteiger partial charge >= 0.3 is 0 Å². The lowest BCUT2D eigenvalue weighted by Gasteiger charge is -2.26. The number of fused-ring (bicyclic) bond motifs is 2. The minimum absolute atomic E-state index is 0.0644. The van der Waals surface area contributed by atoms with E-state index in [0.717, 1.165) is 11.3 Å². The molecule has 3 aromatic rings. The van der Waals surface area contributed by atoms with E-state index in [1.54, 1.807) is 12.1 Å². The summed E-state index contributed by atoms with van der Waals surface area (Å²) in [5.74, 6) is -0.316. The van der Waals surface area contributed by atoms with Crippen LogP contribution in [0.25, 0.3) is 10.9 Å². The number of hydrogen-bond donors (Lipinski definition) is 1. The number of amides is 1. The van der Waals surface area contributed by atoms with E-state index in [2.05, 4.69) is 15.3 Å². The molecule has 144 valence electrons. The van der Waals surface area contributed by atoms with E-state index in [0.29, 0.717) is 33.8 Å². The maximum atomic E-state index is 12.6. The molecule has 8 heteroatoms. The number of carbonyl (C=O) groups excluding carboxylic acids is 2. The molecule has 0 bridgehead atoms. The fraction of sp³-hybridized carbons (Fsp3) is 0.350. The Balaban J connectivity index is 1.55. The molecule has 2 aromatic heterocycles. The van der Waals surface area contributed by atoms with Crippen molar-refractivity contribution in [3.63, 3.8) is 0 Å². The summed E-state index contributed by atoms with van der Waals surface area (Å²) in [6, 6.07) is 5.39. The van der Waals surface area contributed by atoms with Crippen LogP contribution in [-0.2, 0) is 17.8 Å². The van der Waals surface area contributed by atoms with Gasteiger partial charge in [-0.3, -0.25) is 19.0 Å². The van der Waals surface area contributed by atoms with Crippen molar-refractivity contribution in [3.8, 4) is 0 Å². The summed E-state index contributed by atoms with van der Waals surface area (Å²) in [4.78, 5) is 46.7. The van der Waals surface area contributed by atoms with Crippen molar-refractivity contribution in [2.45, 2.75) is 40.2 Å². The number of nitrogens with one attached hydrogen (secondary N) is 1. The Labute approximate surface area is 165 Å². The van der Waals surface area contributed by atoms with Crippen LogP contribution in [0.3, 0.4) is 0 Å². The van der Waals surface area contributed by atoms with E-state index in [4.69, 9.17) is 0 Å². The van der Waals surface area contributed by atoms with Gasteiger partial charge in [-0.15, -0.1) is 0 Å². The first-order valence-electron chi connectivity index (χ1n) is 9.01.